The molecule has 0 aliphatic carbocycles. The number of aryl methyl sites for hydroxylation is 2. The van der Waals surface area contributed by atoms with Gasteiger partial charge < -0.3 is 20.5 Å². The summed E-state index contributed by atoms with van der Waals surface area (Å²) in [4.78, 5) is 27.8. The lowest BCUT2D eigenvalue weighted by atomic mass is 9.99. The van der Waals surface area contributed by atoms with Gasteiger partial charge in [0, 0.05) is 43.6 Å². The maximum atomic E-state index is 13.6. The number of rotatable bonds is 12. The van der Waals surface area contributed by atoms with Gasteiger partial charge in [0.2, 0.25) is 5.91 Å². The van der Waals surface area contributed by atoms with Gasteiger partial charge in [0.15, 0.2) is 5.78 Å². The number of halogens is 2. The van der Waals surface area contributed by atoms with E-state index >= 15 is 0 Å². The fourth-order valence-corrected chi connectivity index (χ4v) is 4.98. The Morgan fingerprint density at radius 2 is 1.75 bits per heavy atom. The van der Waals surface area contributed by atoms with Gasteiger partial charge in [-0.05, 0) is 78.3 Å². The van der Waals surface area contributed by atoms with E-state index in [0.717, 1.165) is 47.8 Å². The van der Waals surface area contributed by atoms with E-state index in [-0.39, 0.29) is 44.0 Å². The minimum atomic E-state index is -1.15. The average molecular weight is 551 g/mol. The molecular weight excluding hydrogens is 514 g/mol. The SMILES string of the molecule is CCc1cccc(CN(C[C@@H](O)[C@@H](N)Cc2cc(F)cc(F)c2)C(=O)CCC(=O)c2ccc3c(c2)CCCO3)c1. The molecule has 1 aliphatic rings. The van der Waals surface area contributed by atoms with Gasteiger partial charge in [-0.2, -0.15) is 0 Å². The molecule has 2 atom stereocenters. The van der Waals surface area contributed by atoms with Gasteiger partial charge in [-0.3, -0.25) is 9.59 Å². The molecule has 0 radical (unpaired) electrons. The number of carbonyl (C=O) groups is 2. The minimum Gasteiger partial charge on any atom is -0.493 e. The lowest BCUT2D eigenvalue weighted by Gasteiger charge is -2.28. The van der Waals surface area contributed by atoms with Crippen LogP contribution in [-0.4, -0.2) is 47.0 Å². The van der Waals surface area contributed by atoms with Crippen LogP contribution in [-0.2, 0) is 30.6 Å². The number of benzene rings is 3. The van der Waals surface area contributed by atoms with E-state index in [1.54, 1.807) is 12.1 Å². The van der Waals surface area contributed by atoms with Crippen molar-refractivity contribution in [3.8, 4) is 5.75 Å². The highest BCUT2D eigenvalue weighted by Crippen LogP contribution is 2.26. The normalized spacial score (nSPS) is 14.1. The lowest BCUT2D eigenvalue weighted by molar-refractivity contribution is -0.133. The predicted octanol–water partition coefficient (Wildman–Crippen LogP) is 4.77. The van der Waals surface area contributed by atoms with E-state index < -0.39 is 23.8 Å². The molecule has 0 fully saturated rings. The quantitative estimate of drug-likeness (QED) is 0.317. The Kier molecular flexibility index (Phi) is 10.0. The summed E-state index contributed by atoms with van der Waals surface area (Å²) in [5.41, 5.74) is 10.1. The summed E-state index contributed by atoms with van der Waals surface area (Å²) in [6, 6.07) is 15.5. The van der Waals surface area contributed by atoms with E-state index in [9.17, 15) is 23.5 Å². The van der Waals surface area contributed by atoms with E-state index in [1.807, 2.05) is 37.3 Å². The van der Waals surface area contributed by atoms with E-state index in [0.29, 0.717) is 17.7 Å². The number of amides is 1. The first-order valence-corrected chi connectivity index (χ1v) is 13.7. The Morgan fingerprint density at radius 3 is 2.50 bits per heavy atom. The Hall–Kier alpha value is -3.62. The molecule has 3 aromatic rings. The monoisotopic (exact) mass is 550 g/mol. The lowest BCUT2D eigenvalue weighted by Crippen LogP contribution is -2.46. The molecular formula is C32H36F2N2O4. The Balaban J connectivity index is 1.44. The zero-order chi connectivity index (χ0) is 28.6. The van der Waals surface area contributed by atoms with Gasteiger partial charge in [0.25, 0.3) is 0 Å². The van der Waals surface area contributed by atoms with Crippen LogP contribution in [0.4, 0.5) is 8.78 Å². The molecule has 0 saturated heterocycles. The highest BCUT2D eigenvalue weighted by molar-refractivity contribution is 5.98. The number of carbonyl (C=O) groups excluding carboxylic acids is 2. The van der Waals surface area contributed by atoms with Crippen LogP contribution in [0.15, 0.2) is 60.7 Å². The van der Waals surface area contributed by atoms with Gasteiger partial charge in [-0.25, -0.2) is 8.78 Å². The van der Waals surface area contributed by atoms with Crippen LogP contribution in [0.25, 0.3) is 0 Å². The zero-order valence-electron chi connectivity index (χ0n) is 22.7. The number of aliphatic hydroxyl groups is 1. The van der Waals surface area contributed by atoms with Crippen LogP contribution in [0.5, 0.6) is 5.75 Å². The Bertz CT molecular complexity index is 1330. The summed E-state index contributed by atoms with van der Waals surface area (Å²) in [5.74, 6) is -1.08. The fourth-order valence-electron chi connectivity index (χ4n) is 4.98. The number of nitrogens with two attached hydrogens (primary N) is 1. The number of ether oxygens (including phenoxy) is 1. The molecule has 3 N–H and O–H groups in total. The number of hydrogen-bond donors (Lipinski definition) is 2. The van der Waals surface area contributed by atoms with E-state index in [2.05, 4.69) is 0 Å². The largest absolute Gasteiger partial charge is 0.493 e. The third-order valence-electron chi connectivity index (χ3n) is 7.22. The molecule has 212 valence electrons. The van der Waals surface area contributed by atoms with Crippen molar-refractivity contribution in [3.05, 3.63) is 100 Å². The van der Waals surface area contributed by atoms with Crippen molar-refractivity contribution < 1.29 is 28.2 Å². The van der Waals surface area contributed by atoms with Crippen LogP contribution < -0.4 is 10.5 Å². The molecule has 8 heteroatoms. The van der Waals surface area contributed by atoms with Crippen molar-refractivity contribution in [1.29, 1.82) is 0 Å². The van der Waals surface area contributed by atoms with Crippen molar-refractivity contribution >= 4 is 11.7 Å². The molecule has 0 aromatic heterocycles. The van der Waals surface area contributed by atoms with Crippen molar-refractivity contribution in [2.75, 3.05) is 13.2 Å². The number of hydrogen-bond acceptors (Lipinski definition) is 5. The second kappa shape index (κ2) is 13.6. The standard InChI is InChI=1S/C32H36F2N2O4/c1-2-21-5-3-6-22(13-21)19-36(20-30(38)28(35)16-23-14-26(33)18-27(34)15-23)32(39)11-9-29(37)24-8-10-31-25(17-24)7-4-12-40-31/h3,5-6,8,10,13-15,17-18,28,30,38H,2,4,7,9,11-12,16,19-20,35H2,1H3/t28-,30+/m0/s1. The molecule has 1 amide bonds. The Morgan fingerprint density at radius 1 is 1.00 bits per heavy atom. The van der Waals surface area contributed by atoms with Gasteiger partial charge in [-0.1, -0.05) is 31.2 Å². The highest BCUT2D eigenvalue weighted by Gasteiger charge is 2.24. The first kappa shape index (κ1) is 29.4. The third-order valence-corrected chi connectivity index (χ3v) is 7.22. The molecule has 3 aromatic carbocycles. The number of fused-ring (bicyclic) bond motifs is 1. The van der Waals surface area contributed by atoms with Crippen LogP contribution in [0, 0.1) is 11.6 Å². The highest BCUT2D eigenvalue weighted by atomic mass is 19.1. The molecule has 0 bridgehead atoms. The maximum Gasteiger partial charge on any atom is 0.223 e. The van der Waals surface area contributed by atoms with Gasteiger partial charge >= 0.3 is 0 Å². The van der Waals surface area contributed by atoms with Crippen LogP contribution >= 0.6 is 0 Å². The molecule has 1 aliphatic heterocycles. The summed E-state index contributed by atoms with van der Waals surface area (Å²) >= 11 is 0. The summed E-state index contributed by atoms with van der Waals surface area (Å²) in [5, 5.41) is 10.9. The van der Waals surface area contributed by atoms with E-state index in [1.165, 1.54) is 17.0 Å². The summed E-state index contributed by atoms with van der Waals surface area (Å²) in [6.45, 7) is 2.85. The Labute approximate surface area is 233 Å². The first-order valence-electron chi connectivity index (χ1n) is 13.7. The van der Waals surface area contributed by atoms with Crippen molar-refractivity contribution in [2.45, 2.75) is 64.1 Å². The molecule has 0 saturated carbocycles. The summed E-state index contributed by atoms with van der Waals surface area (Å²) < 4.78 is 32.9. The van der Waals surface area contributed by atoms with Gasteiger partial charge in [0.05, 0.1) is 12.7 Å². The number of ketones is 1. The molecule has 40 heavy (non-hydrogen) atoms. The molecule has 0 unspecified atom stereocenters. The van der Waals surface area contributed by atoms with Crippen LogP contribution in [0.3, 0.4) is 0 Å². The number of nitrogens with zero attached hydrogens (tertiary/aromatic N) is 1. The maximum absolute atomic E-state index is 13.6. The van der Waals surface area contributed by atoms with Crippen molar-refractivity contribution in [2.24, 2.45) is 5.73 Å². The van der Waals surface area contributed by atoms with Crippen molar-refractivity contribution in [1.82, 2.24) is 4.90 Å². The van der Waals surface area contributed by atoms with Crippen LogP contribution in [0.1, 0.15) is 58.8 Å². The molecule has 1 heterocycles. The minimum absolute atomic E-state index is 0.0225. The third kappa shape index (κ3) is 7.96. The van der Waals surface area contributed by atoms with Crippen molar-refractivity contribution in [3.63, 3.8) is 0 Å². The molecule has 6 nitrogen and oxygen atoms in total. The molecule has 4 rings (SSSR count). The fraction of sp³-hybridized carbons (Fsp3) is 0.375. The number of aliphatic hydroxyl groups excluding tert-OH is 1. The van der Waals surface area contributed by atoms with Gasteiger partial charge in [0.1, 0.15) is 17.4 Å². The average Bonchev–Trinajstić information content (AvgIpc) is 2.94. The topological polar surface area (TPSA) is 92.9 Å². The number of Topliss-reactive ketones (excluding diaryl/α,β-unsaturated/α-hetero) is 1. The summed E-state index contributed by atoms with van der Waals surface area (Å²) in [7, 11) is 0. The second-order valence-corrected chi connectivity index (χ2v) is 10.4. The second-order valence-electron chi connectivity index (χ2n) is 10.4. The first-order chi connectivity index (χ1) is 19.2. The smallest absolute Gasteiger partial charge is 0.223 e. The summed E-state index contributed by atoms with van der Waals surface area (Å²) in [6.07, 6.45) is 1.45. The van der Waals surface area contributed by atoms with Gasteiger partial charge in [-0.15, -0.1) is 0 Å². The zero-order valence-corrected chi connectivity index (χ0v) is 22.7. The predicted molar refractivity (Wildman–Crippen MR) is 149 cm³/mol. The molecule has 0 spiro atoms. The van der Waals surface area contributed by atoms with E-state index in [4.69, 9.17) is 10.5 Å². The van der Waals surface area contributed by atoms with Crippen LogP contribution in [0.2, 0.25) is 0 Å².